The summed E-state index contributed by atoms with van der Waals surface area (Å²) in [5.74, 6) is 0.802. The summed E-state index contributed by atoms with van der Waals surface area (Å²) in [5, 5.41) is 10.3. The zero-order valence-corrected chi connectivity index (χ0v) is 31.2. The normalized spacial score (nSPS) is 32.9. The van der Waals surface area contributed by atoms with Crippen molar-refractivity contribution in [1.29, 1.82) is 5.26 Å². The lowest BCUT2D eigenvalue weighted by Crippen LogP contribution is -2.59. The number of methoxy groups -OCH3 is 1. The van der Waals surface area contributed by atoms with E-state index in [0.29, 0.717) is 48.5 Å². The van der Waals surface area contributed by atoms with Crippen molar-refractivity contribution in [2.75, 3.05) is 13.0 Å². The molecule has 2 aromatic carbocycles. The highest BCUT2D eigenvalue weighted by atomic mass is 35.5. The average Bonchev–Trinajstić information content (AvgIpc) is 3.50. The molecule has 4 fully saturated rings. The highest BCUT2D eigenvalue weighted by Crippen LogP contribution is 2.69. The van der Waals surface area contributed by atoms with E-state index in [1.54, 1.807) is 0 Å². The summed E-state index contributed by atoms with van der Waals surface area (Å²) < 4.78 is 17.4. The molecule has 6 unspecified atom stereocenters. The van der Waals surface area contributed by atoms with Crippen LogP contribution in [0.5, 0.6) is 0 Å². The van der Waals surface area contributed by atoms with Crippen molar-refractivity contribution >= 4 is 35.1 Å². The van der Waals surface area contributed by atoms with Gasteiger partial charge in [0.15, 0.2) is 0 Å². The topological polar surface area (TPSA) is 103 Å². The Bertz CT molecular complexity index is 1610. The van der Waals surface area contributed by atoms with E-state index in [1.165, 1.54) is 7.11 Å². The van der Waals surface area contributed by atoms with Crippen LogP contribution in [0, 0.1) is 57.7 Å². The maximum Gasteiger partial charge on any atom is 0.349 e. The van der Waals surface area contributed by atoms with Crippen molar-refractivity contribution in [2.45, 2.75) is 97.2 Å². The molecule has 4 saturated carbocycles. The predicted molar refractivity (Wildman–Crippen MR) is 196 cm³/mol. The molecular formula is C43H52ClNO6. The zero-order valence-electron chi connectivity index (χ0n) is 30.4. The molecule has 272 valence electrons. The molecule has 0 bridgehead atoms. The fraction of sp³-hybridized carbons (Fsp3) is 0.581. The number of halogens is 1. The molecule has 4 aliphatic rings. The lowest BCUT2D eigenvalue weighted by atomic mass is 9.43. The minimum absolute atomic E-state index is 0.00142. The van der Waals surface area contributed by atoms with Gasteiger partial charge in [-0.1, -0.05) is 81.4 Å². The van der Waals surface area contributed by atoms with Crippen LogP contribution in [0.2, 0.25) is 0 Å². The van der Waals surface area contributed by atoms with E-state index in [1.807, 2.05) is 60.7 Å². The molecule has 8 heteroatoms. The first kappa shape index (κ1) is 37.1. The second-order valence-corrected chi connectivity index (χ2v) is 16.4. The first-order chi connectivity index (χ1) is 24.5. The number of alkyl halides is 1. The number of esters is 3. The van der Waals surface area contributed by atoms with Gasteiger partial charge in [0.2, 0.25) is 0 Å². The standard InChI is InChI=1S/C43H52ClNO6/c1-27(15-18-37(46)49-4)33-16-17-34-40-35(20-22-43(33,34)3)42(2)21-19-31(23-30(42)24-36(40)51-38(47)25-44)50-41(48)32(26-45)39(28-11-7-5-8-12-28)29-13-9-6-10-14-29/h5-14,27,30-31,33-36,40H,15-25H2,1-4H3/t27?,30-,31?,33?,34+,35?,36+,40-,42?,43?/m1/s1. The van der Waals surface area contributed by atoms with Crippen LogP contribution >= 0.6 is 11.6 Å². The van der Waals surface area contributed by atoms with Crippen molar-refractivity contribution in [1.82, 2.24) is 0 Å². The van der Waals surface area contributed by atoms with Crippen molar-refractivity contribution in [3.8, 4) is 6.07 Å². The third-order valence-corrected chi connectivity index (χ3v) is 14.0. The van der Waals surface area contributed by atoms with Crippen LogP contribution in [-0.4, -0.2) is 43.1 Å². The van der Waals surface area contributed by atoms with E-state index >= 15 is 0 Å². The largest absolute Gasteiger partial charge is 0.469 e. The van der Waals surface area contributed by atoms with E-state index in [-0.39, 0.29) is 58.3 Å². The molecule has 10 atom stereocenters. The van der Waals surface area contributed by atoms with Crippen LogP contribution in [-0.2, 0) is 28.6 Å². The molecule has 6 rings (SSSR count). The van der Waals surface area contributed by atoms with E-state index in [4.69, 9.17) is 25.8 Å². The first-order valence-electron chi connectivity index (χ1n) is 18.8. The molecular weight excluding hydrogens is 662 g/mol. The molecule has 0 N–H and O–H groups in total. The summed E-state index contributed by atoms with van der Waals surface area (Å²) in [4.78, 5) is 38.7. The van der Waals surface area contributed by atoms with E-state index in [2.05, 4.69) is 26.8 Å². The minimum Gasteiger partial charge on any atom is -0.469 e. The van der Waals surface area contributed by atoms with Gasteiger partial charge in [0.25, 0.3) is 0 Å². The molecule has 0 aliphatic heterocycles. The van der Waals surface area contributed by atoms with Gasteiger partial charge >= 0.3 is 17.9 Å². The summed E-state index contributed by atoms with van der Waals surface area (Å²) >= 11 is 6.02. The fourth-order valence-electron chi connectivity index (χ4n) is 11.3. The quantitative estimate of drug-likeness (QED) is 0.0796. The van der Waals surface area contributed by atoms with Gasteiger partial charge in [-0.2, -0.15) is 5.26 Å². The molecule has 0 spiro atoms. The van der Waals surface area contributed by atoms with E-state index in [0.717, 1.165) is 56.1 Å². The van der Waals surface area contributed by atoms with Gasteiger partial charge in [-0.3, -0.25) is 9.59 Å². The van der Waals surface area contributed by atoms with E-state index < -0.39 is 5.97 Å². The lowest BCUT2D eigenvalue weighted by molar-refractivity contribution is -0.196. The molecule has 7 nitrogen and oxygen atoms in total. The Balaban J connectivity index is 1.23. The van der Waals surface area contributed by atoms with Crippen molar-refractivity contribution in [3.63, 3.8) is 0 Å². The number of nitriles is 1. The molecule has 4 aliphatic carbocycles. The number of fused-ring (bicyclic) bond motifs is 5. The van der Waals surface area contributed by atoms with Crippen molar-refractivity contribution in [3.05, 3.63) is 77.4 Å². The van der Waals surface area contributed by atoms with Gasteiger partial charge in [0.1, 0.15) is 29.7 Å². The highest BCUT2D eigenvalue weighted by molar-refractivity contribution is 6.26. The molecule has 2 aromatic rings. The molecule has 0 radical (unpaired) electrons. The summed E-state index contributed by atoms with van der Waals surface area (Å²) in [6.45, 7) is 7.16. The highest BCUT2D eigenvalue weighted by Gasteiger charge is 2.64. The number of nitrogens with zero attached hydrogens (tertiary/aromatic N) is 1. The first-order valence-corrected chi connectivity index (χ1v) is 19.4. The van der Waals surface area contributed by atoms with Crippen LogP contribution in [0.15, 0.2) is 66.2 Å². The summed E-state index contributed by atoms with van der Waals surface area (Å²) in [7, 11) is 1.45. The second kappa shape index (κ2) is 15.5. The summed E-state index contributed by atoms with van der Waals surface area (Å²) in [6.07, 6.45) is 8.06. The number of rotatable bonds is 10. The number of carbonyl (C=O) groups is 3. The van der Waals surface area contributed by atoms with Gasteiger partial charge in [0, 0.05) is 17.9 Å². The molecule has 0 aromatic heterocycles. The Labute approximate surface area is 308 Å². The second-order valence-electron chi connectivity index (χ2n) is 16.1. The smallest absolute Gasteiger partial charge is 0.349 e. The Hall–Kier alpha value is -3.63. The van der Waals surface area contributed by atoms with Gasteiger partial charge < -0.3 is 14.2 Å². The summed E-state index contributed by atoms with van der Waals surface area (Å²) in [5.41, 5.74) is 2.26. The molecule has 0 saturated heterocycles. The third kappa shape index (κ3) is 7.23. The van der Waals surface area contributed by atoms with Crippen LogP contribution < -0.4 is 0 Å². The van der Waals surface area contributed by atoms with Gasteiger partial charge in [-0.05, 0) is 109 Å². The Morgan fingerprint density at radius 3 is 2.10 bits per heavy atom. The zero-order chi connectivity index (χ0) is 36.3. The van der Waals surface area contributed by atoms with Crippen LogP contribution in [0.1, 0.15) is 96.1 Å². The van der Waals surface area contributed by atoms with Crippen molar-refractivity contribution in [2.24, 2.45) is 46.3 Å². The summed E-state index contributed by atoms with van der Waals surface area (Å²) in [6, 6.07) is 21.2. The van der Waals surface area contributed by atoms with Gasteiger partial charge in [-0.25, -0.2) is 4.79 Å². The van der Waals surface area contributed by atoms with Crippen LogP contribution in [0.3, 0.4) is 0 Å². The number of benzene rings is 2. The SMILES string of the molecule is COC(=O)CCC(C)C1CC[C@H]2[C@@H]3C(CCC12C)C1(C)CCC(OC(=O)C(C#N)=C(c2ccccc2)c2ccccc2)C[C@@H]1C[C@@H]3OC(=O)CCl. The number of hydrogen-bond acceptors (Lipinski definition) is 7. The molecule has 51 heavy (non-hydrogen) atoms. The number of hydrogen-bond donors (Lipinski definition) is 0. The Morgan fingerprint density at radius 1 is 0.863 bits per heavy atom. The average molecular weight is 714 g/mol. The van der Waals surface area contributed by atoms with Crippen molar-refractivity contribution < 1.29 is 28.6 Å². The third-order valence-electron chi connectivity index (χ3n) is 13.8. The predicted octanol–water partition coefficient (Wildman–Crippen LogP) is 8.93. The van der Waals surface area contributed by atoms with Crippen LogP contribution in [0.25, 0.3) is 5.57 Å². The fourth-order valence-corrected chi connectivity index (χ4v) is 11.4. The number of ether oxygens (including phenoxy) is 3. The maximum absolute atomic E-state index is 13.9. The monoisotopic (exact) mass is 713 g/mol. The minimum atomic E-state index is -0.598. The Kier molecular flexibility index (Phi) is 11.3. The maximum atomic E-state index is 13.9. The number of carbonyl (C=O) groups excluding carboxylic acids is 3. The Morgan fingerprint density at radius 2 is 1.49 bits per heavy atom. The molecule has 0 amide bonds. The van der Waals surface area contributed by atoms with Gasteiger partial charge in [-0.15, -0.1) is 11.6 Å². The lowest BCUT2D eigenvalue weighted by Gasteiger charge is -2.62. The molecule has 0 heterocycles. The van der Waals surface area contributed by atoms with E-state index in [9.17, 15) is 19.6 Å². The van der Waals surface area contributed by atoms with Gasteiger partial charge in [0.05, 0.1) is 7.11 Å². The van der Waals surface area contributed by atoms with Crippen LogP contribution in [0.4, 0.5) is 0 Å².